The molecule has 2 saturated heterocycles. The zero-order valence-electron chi connectivity index (χ0n) is 12.6. The molecule has 7 nitrogen and oxygen atoms in total. The molecule has 2 atom stereocenters. The Balaban J connectivity index is 0.00000156. The van der Waals surface area contributed by atoms with Gasteiger partial charge in [0, 0.05) is 26.2 Å². The number of fused-ring (bicyclic) bond motifs is 1. The van der Waals surface area contributed by atoms with E-state index in [0.29, 0.717) is 18.3 Å². The van der Waals surface area contributed by atoms with Gasteiger partial charge in [-0.3, -0.25) is 4.79 Å². The molecule has 1 aromatic carbocycles. The van der Waals surface area contributed by atoms with Crippen LogP contribution in [0.15, 0.2) is 30.6 Å². The van der Waals surface area contributed by atoms with Gasteiger partial charge in [-0.05, 0) is 40.0 Å². The number of rotatable bonds is 3. The lowest BCUT2D eigenvalue weighted by Gasteiger charge is -2.17. The molecule has 8 heteroatoms. The van der Waals surface area contributed by atoms with Gasteiger partial charge in [0.2, 0.25) is 5.91 Å². The van der Waals surface area contributed by atoms with Gasteiger partial charge in [0.25, 0.3) is 0 Å². The maximum absolute atomic E-state index is 12.4. The van der Waals surface area contributed by atoms with Crippen molar-refractivity contribution in [2.24, 2.45) is 11.8 Å². The summed E-state index contributed by atoms with van der Waals surface area (Å²) >= 11 is 0. The molecule has 0 spiro atoms. The molecule has 23 heavy (non-hydrogen) atoms. The minimum Gasteiger partial charge on any atom is -0.342 e. The molecule has 0 unspecified atom stereocenters. The Morgan fingerprint density at radius 1 is 1.17 bits per heavy atom. The first kappa shape index (κ1) is 15.9. The Kier molecular flexibility index (Phi) is 4.58. The largest absolute Gasteiger partial charge is 0.342 e. The monoisotopic (exact) mass is 334 g/mol. The number of halogens is 1. The van der Waals surface area contributed by atoms with Crippen LogP contribution in [0.2, 0.25) is 0 Å². The quantitative estimate of drug-likeness (QED) is 0.874. The molecule has 0 aliphatic carbocycles. The van der Waals surface area contributed by atoms with Crippen LogP contribution in [0.1, 0.15) is 5.56 Å². The molecule has 0 radical (unpaired) electrons. The summed E-state index contributed by atoms with van der Waals surface area (Å²) in [5, 5.41) is 14.5. The van der Waals surface area contributed by atoms with E-state index >= 15 is 0 Å². The van der Waals surface area contributed by atoms with E-state index in [9.17, 15) is 4.79 Å². The second-order valence-electron chi connectivity index (χ2n) is 6.07. The van der Waals surface area contributed by atoms with Crippen LogP contribution in [0.5, 0.6) is 0 Å². The summed E-state index contributed by atoms with van der Waals surface area (Å²) in [6, 6.07) is 7.80. The third-order valence-corrected chi connectivity index (χ3v) is 4.65. The number of benzene rings is 1. The van der Waals surface area contributed by atoms with Gasteiger partial charge in [0.1, 0.15) is 6.33 Å². The fourth-order valence-electron chi connectivity index (χ4n) is 3.39. The molecule has 2 aliphatic heterocycles. The highest BCUT2D eigenvalue weighted by atomic mass is 35.5. The normalized spacial score (nSPS) is 22.7. The van der Waals surface area contributed by atoms with Crippen LogP contribution in [0.3, 0.4) is 0 Å². The lowest BCUT2D eigenvalue weighted by Crippen LogP contribution is -2.32. The Labute approximate surface area is 140 Å². The predicted octanol–water partition coefficient (Wildman–Crippen LogP) is 0.304. The molecular weight excluding hydrogens is 316 g/mol. The molecule has 2 aliphatic rings. The van der Waals surface area contributed by atoms with Crippen molar-refractivity contribution in [1.82, 2.24) is 30.4 Å². The molecule has 1 amide bonds. The molecule has 1 aromatic heterocycles. The number of carbonyl (C=O) groups is 1. The Morgan fingerprint density at radius 2 is 1.87 bits per heavy atom. The summed E-state index contributed by atoms with van der Waals surface area (Å²) in [5.41, 5.74) is 1.92. The summed E-state index contributed by atoms with van der Waals surface area (Å²) in [6.07, 6.45) is 2.01. The third-order valence-electron chi connectivity index (χ3n) is 4.65. The summed E-state index contributed by atoms with van der Waals surface area (Å²) in [4.78, 5) is 14.4. The van der Waals surface area contributed by atoms with E-state index in [0.717, 1.165) is 37.4 Å². The van der Waals surface area contributed by atoms with Crippen molar-refractivity contribution in [3.63, 3.8) is 0 Å². The van der Waals surface area contributed by atoms with Crippen LogP contribution in [-0.4, -0.2) is 57.2 Å². The van der Waals surface area contributed by atoms with Gasteiger partial charge < -0.3 is 10.2 Å². The van der Waals surface area contributed by atoms with Gasteiger partial charge in [-0.25, -0.2) is 4.68 Å². The van der Waals surface area contributed by atoms with Gasteiger partial charge in [-0.1, -0.05) is 12.1 Å². The van der Waals surface area contributed by atoms with Crippen molar-refractivity contribution >= 4 is 18.3 Å². The third kappa shape index (κ3) is 3.20. The van der Waals surface area contributed by atoms with Crippen LogP contribution in [0.4, 0.5) is 0 Å². The van der Waals surface area contributed by atoms with E-state index in [1.54, 1.807) is 11.0 Å². The number of likely N-dealkylation sites (tertiary alicyclic amines) is 1. The zero-order valence-corrected chi connectivity index (χ0v) is 13.4. The van der Waals surface area contributed by atoms with Crippen molar-refractivity contribution in [3.8, 4) is 5.69 Å². The van der Waals surface area contributed by atoms with Gasteiger partial charge >= 0.3 is 0 Å². The standard InChI is InChI=1S/C15H18N6O.ClH/c22-15(20-8-12-6-16-7-13(12)9-20)5-11-1-3-14(4-2-11)21-10-17-18-19-21;/h1-4,10,12-13,16H,5-9H2;1H/t12-,13+;. The molecule has 2 fully saturated rings. The number of aromatic nitrogens is 4. The maximum Gasteiger partial charge on any atom is 0.227 e. The molecule has 0 bridgehead atoms. The van der Waals surface area contributed by atoms with E-state index in [1.165, 1.54) is 0 Å². The highest BCUT2D eigenvalue weighted by molar-refractivity contribution is 5.85. The van der Waals surface area contributed by atoms with E-state index in [4.69, 9.17) is 0 Å². The molecule has 1 N–H and O–H groups in total. The molecule has 122 valence electrons. The van der Waals surface area contributed by atoms with Crippen molar-refractivity contribution in [2.45, 2.75) is 6.42 Å². The highest BCUT2D eigenvalue weighted by Gasteiger charge is 2.37. The van der Waals surface area contributed by atoms with Gasteiger partial charge in [0.15, 0.2) is 0 Å². The summed E-state index contributed by atoms with van der Waals surface area (Å²) in [7, 11) is 0. The molecule has 3 heterocycles. The van der Waals surface area contributed by atoms with Crippen molar-refractivity contribution in [3.05, 3.63) is 36.2 Å². The lowest BCUT2D eigenvalue weighted by atomic mass is 10.0. The van der Waals surface area contributed by atoms with Crippen LogP contribution in [-0.2, 0) is 11.2 Å². The summed E-state index contributed by atoms with van der Waals surface area (Å²) in [5.74, 6) is 1.52. The first-order valence-corrected chi connectivity index (χ1v) is 7.60. The summed E-state index contributed by atoms with van der Waals surface area (Å²) in [6.45, 7) is 3.91. The number of carbonyl (C=O) groups excluding carboxylic acids is 1. The number of hydrogen-bond acceptors (Lipinski definition) is 5. The molecular formula is C15H19ClN6O. The lowest BCUT2D eigenvalue weighted by molar-refractivity contribution is -0.129. The van der Waals surface area contributed by atoms with Crippen LogP contribution < -0.4 is 5.32 Å². The fourth-order valence-corrected chi connectivity index (χ4v) is 3.39. The Bertz CT molecular complexity index is 647. The smallest absolute Gasteiger partial charge is 0.227 e. The van der Waals surface area contributed by atoms with Crippen LogP contribution in [0, 0.1) is 11.8 Å². The Morgan fingerprint density at radius 3 is 2.48 bits per heavy atom. The van der Waals surface area contributed by atoms with E-state index in [2.05, 4.69) is 20.8 Å². The van der Waals surface area contributed by atoms with Crippen LogP contribution in [0.25, 0.3) is 5.69 Å². The highest BCUT2D eigenvalue weighted by Crippen LogP contribution is 2.26. The molecule has 0 saturated carbocycles. The number of hydrogen-bond donors (Lipinski definition) is 1. The number of nitrogens with zero attached hydrogens (tertiary/aromatic N) is 5. The molecule has 2 aromatic rings. The minimum atomic E-state index is 0. The van der Waals surface area contributed by atoms with Crippen molar-refractivity contribution < 1.29 is 4.79 Å². The zero-order chi connectivity index (χ0) is 14.9. The van der Waals surface area contributed by atoms with E-state index < -0.39 is 0 Å². The second-order valence-corrected chi connectivity index (χ2v) is 6.07. The van der Waals surface area contributed by atoms with Gasteiger partial charge in [-0.2, -0.15) is 0 Å². The number of nitrogens with one attached hydrogen (secondary N) is 1. The predicted molar refractivity (Wildman–Crippen MR) is 86.5 cm³/mol. The number of amides is 1. The fraction of sp³-hybridized carbons (Fsp3) is 0.467. The van der Waals surface area contributed by atoms with Crippen LogP contribution >= 0.6 is 12.4 Å². The SMILES string of the molecule is Cl.O=C(Cc1ccc(-n2cnnn2)cc1)N1C[C@H]2CNC[C@H]2C1. The molecule has 4 rings (SSSR count). The topological polar surface area (TPSA) is 75.9 Å². The second kappa shape index (κ2) is 6.64. The van der Waals surface area contributed by atoms with E-state index in [-0.39, 0.29) is 18.3 Å². The van der Waals surface area contributed by atoms with Crippen molar-refractivity contribution in [1.29, 1.82) is 0 Å². The summed E-state index contributed by atoms with van der Waals surface area (Å²) < 4.78 is 1.60. The minimum absolute atomic E-state index is 0. The first-order chi connectivity index (χ1) is 10.8. The average Bonchev–Trinajstić information content (AvgIpc) is 3.24. The van der Waals surface area contributed by atoms with Gasteiger partial charge in [-0.15, -0.1) is 17.5 Å². The average molecular weight is 335 g/mol. The Hall–Kier alpha value is -1.99. The van der Waals surface area contributed by atoms with E-state index in [1.807, 2.05) is 29.2 Å². The van der Waals surface area contributed by atoms with Gasteiger partial charge in [0.05, 0.1) is 12.1 Å². The number of tetrazole rings is 1. The first-order valence-electron chi connectivity index (χ1n) is 7.60. The van der Waals surface area contributed by atoms with Crippen molar-refractivity contribution in [2.75, 3.05) is 26.2 Å². The maximum atomic E-state index is 12.4.